The van der Waals surface area contributed by atoms with Gasteiger partial charge in [0.25, 0.3) is 0 Å². The van der Waals surface area contributed by atoms with Gasteiger partial charge in [0, 0.05) is 36.3 Å². The van der Waals surface area contributed by atoms with Gasteiger partial charge in [-0.1, -0.05) is 0 Å². The normalized spacial score (nSPS) is 20.3. The number of ether oxygens (including phenoxy) is 1. The summed E-state index contributed by atoms with van der Waals surface area (Å²) >= 11 is 0. The lowest BCUT2D eigenvalue weighted by Gasteiger charge is -2.32. The Balaban J connectivity index is 1.58. The van der Waals surface area contributed by atoms with Crippen LogP contribution in [0.25, 0.3) is 0 Å². The SMILES string of the molecule is COc1c(C)cnc(CNC(=O)[C@H]2CCCN(C(=O)C3CC3)C2)c1C. The zero-order valence-corrected chi connectivity index (χ0v) is 15.3. The average Bonchev–Trinajstić information content (AvgIpc) is 3.46. The van der Waals surface area contributed by atoms with Crippen LogP contribution in [0.5, 0.6) is 5.75 Å². The molecule has 1 atom stereocenters. The Morgan fingerprint density at radius 2 is 2.04 bits per heavy atom. The molecule has 136 valence electrons. The fourth-order valence-electron chi connectivity index (χ4n) is 3.54. The zero-order chi connectivity index (χ0) is 18.0. The van der Waals surface area contributed by atoms with E-state index in [2.05, 4.69) is 10.3 Å². The highest BCUT2D eigenvalue weighted by Crippen LogP contribution is 2.32. The van der Waals surface area contributed by atoms with Crippen LogP contribution in [0.4, 0.5) is 0 Å². The fourth-order valence-corrected chi connectivity index (χ4v) is 3.54. The van der Waals surface area contributed by atoms with E-state index >= 15 is 0 Å². The van der Waals surface area contributed by atoms with Gasteiger partial charge in [0.15, 0.2) is 0 Å². The minimum absolute atomic E-state index is 0.00837. The molecule has 3 rings (SSSR count). The number of piperidine rings is 1. The minimum atomic E-state index is -0.121. The molecule has 0 bridgehead atoms. The largest absolute Gasteiger partial charge is 0.496 e. The van der Waals surface area contributed by atoms with Gasteiger partial charge in [0.05, 0.1) is 25.3 Å². The third-order valence-electron chi connectivity index (χ3n) is 5.21. The smallest absolute Gasteiger partial charge is 0.225 e. The van der Waals surface area contributed by atoms with Crippen molar-refractivity contribution >= 4 is 11.8 Å². The molecule has 25 heavy (non-hydrogen) atoms. The van der Waals surface area contributed by atoms with Gasteiger partial charge in [0.2, 0.25) is 11.8 Å². The molecule has 0 spiro atoms. The molecule has 1 N–H and O–H groups in total. The van der Waals surface area contributed by atoms with Crippen LogP contribution in [-0.4, -0.2) is 41.9 Å². The van der Waals surface area contributed by atoms with Crippen molar-refractivity contribution in [3.8, 4) is 5.75 Å². The van der Waals surface area contributed by atoms with Crippen LogP contribution >= 0.6 is 0 Å². The molecule has 2 heterocycles. The Hall–Kier alpha value is -2.11. The molecule has 2 amide bonds. The van der Waals surface area contributed by atoms with Gasteiger partial charge >= 0.3 is 0 Å². The number of hydrogen-bond donors (Lipinski definition) is 1. The molecule has 1 aromatic heterocycles. The van der Waals surface area contributed by atoms with E-state index in [-0.39, 0.29) is 23.7 Å². The van der Waals surface area contributed by atoms with Crippen LogP contribution < -0.4 is 10.1 Å². The van der Waals surface area contributed by atoms with Gasteiger partial charge in [-0.05, 0) is 39.5 Å². The molecule has 1 aromatic rings. The second-order valence-electron chi connectivity index (χ2n) is 7.16. The maximum absolute atomic E-state index is 12.5. The Bertz CT molecular complexity index is 670. The monoisotopic (exact) mass is 345 g/mol. The van der Waals surface area contributed by atoms with Crippen LogP contribution in [0, 0.1) is 25.7 Å². The summed E-state index contributed by atoms with van der Waals surface area (Å²) < 4.78 is 5.41. The number of nitrogens with one attached hydrogen (secondary N) is 1. The molecule has 0 aromatic carbocycles. The van der Waals surface area contributed by atoms with Crippen LogP contribution in [0.1, 0.15) is 42.5 Å². The van der Waals surface area contributed by atoms with Crippen molar-refractivity contribution in [2.45, 2.75) is 46.1 Å². The minimum Gasteiger partial charge on any atom is -0.496 e. The third-order valence-corrected chi connectivity index (χ3v) is 5.21. The van der Waals surface area contributed by atoms with Crippen molar-refractivity contribution in [3.05, 3.63) is 23.0 Å². The number of aryl methyl sites for hydroxylation is 1. The highest BCUT2D eigenvalue weighted by Gasteiger charge is 2.36. The van der Waals surface area contributed by atoms with Gasteiger partial charge in [-0.15, -0.1) is 0 Å². The first-order valence-electron chi connectivity index (χ1n) is 9.06. The van der Waals surface area contributed by atoms with Gasteiger partial charge < -0.3 is 15.0 Å². The zero-order valence-electron chi connectivity index (χ0n) is 15.3. The summed E-state index contributed by atoms with van der Waals surface area (Å²) in [6.07, 6.45) is 5.51. The Kier molecular flexibility index (Phi) is 5.25. The van der Waals surface area contributed by atoms with Gasteiger partial charge in [0.1, 0.15) is 5.75 Å². The number of carbonyl (C=O) groups excluding carboxylic acids is 2. The molecule has 0 radical (unpaired) electrons. The second kappa shape index (κ2) is 7.42. The first-order chi connectivity index (χ1) is 12.0. The number of rotatable bonds is 5. The molecular weight excluding hydrogens is 318 g/mol. The lowest BCUT2D eigenvalue weighted by atomic mass is 9.96. The Morgan fingerprint density at radius 1 is 1.28 bits per heavy atom. The summed E-state index contributed by atoms with van der Waals surface area (Å²) in [6, 6.07) is 0. The molecule has 6 nitrogen and oxygen atoms in total. The molecule has 2 aliphatic rings. The molecule has 1 saturated carbocycles. The first kappa shape index (κ1) is 17.7. The van der Waals surface area contributed by atoms with Crippen LogP contribution in [0.3, 0.4) is 0 Å². The Morgan fingerprint density at radius 3 is 2.72 bits per heavy atom. The molecule has 6 heteroatoms. The highest BCUT2D eigenvalue weighted by molar-refractivity contribution is 5.83. The van der Waals surface area contributed by atoms with E-state index < -0.39 is 0 Å². The number of pyridine rings is 1. The molecule has 1 saturated heterocycles. The van der Waals surface area contributed by atoms with E-state index in [9.17, 15) is 9.59 Å². The van der Waals surface area contributed by atoms with Crippen molar-refractivity contribution in [3.63, 3.8) is 0 Å². The number of amides is 2. The summed E-state index contributed by atoms with van der Waals surface area (Å²) in [5.41, 5.74) is 2.76. The van der Waals surface area contributed by atoms with Crippen LogP contribution in [0.15, 0.2) is 6.20 Å². The topological polar surface area (TPSA) is 71.5 Å². The third kappa shape index (κ3) is 3.94. The van der Waals surface area contributed by atoms with E-state index in [1.165, 1.54) is 0 Å². The maximum Gasteiger partial charge on any atom is 0.225 e. The second-order valence-corrected chi connectivity index (χ2v) is 7.16. The van der Waals surface area contributed by atoms with E-state index in [0.717, 1.165) is 54.8 Å². The predicted octanol–water partition coefficient (Wildman–Crippen LogP) is 1.97. The molecular formula is C19H27N3O3. The van der Waals surface area contributed by atoms with Crippen molar-refractivity contribution in [1.29, 1.82) is 0 Å². The van der Waals surface area contributed by atoms with Crippen molar-refractivity contribution in [1.82, 2.24) is 15.2 Å². The highest BCUT2D eigenvalue weighted by atomic mass is 16.5. The number of carbonyl (C=O) groups is 2. The number of methoxy groups -OCH3 is 1. The van der Waals surface area contributed by atoms with E-state index in [4.69, 9.17) is 4.74 Å². The van der Waals surface area contributed by atoms with Gasteiger partial charge in [-0.2, -0.15) is 0 Å². The molecule has 1 aliphatic heterocycles. The van der Waals surface area contributed by atoms with Crippen molar-refractivity contribution < 1.29 is 14.3 Å². The van der Waals surface area contributed by atoms with Crippen LogP contribution in [0.2, 0.25) is 0 Å². The summed E-state index contributed by atoms with van der Waals surface area (Å²) in [5, 5.41) is 2.99. The average molecular weight is 345 g/mol. The maximum atomic E-state index is 12.5. The number of nitrogens with zero attached hydrogens (tertiary/aromatic N) is 2. The van der Waals surface area contributed by atoms with Gasteiger partial charge in [-0.3, -0.25) is 14.6 Å². The van der Waals surface area contributed by atoms with Crippen LogP contribution in [-0.2, 0) is 16.1 Å². The molecule has 2 fully saturated rings. The van der Waals surface area contributed by atoms with Gasteiger partial charge in [-0.25, -0.2) is 0 Å². The fraction of sp³-hybridized carbons (Fsp3) is 0.632. The summed E-state index contributed by atoms with van der Waals surface area (Å²) in [5.74, 6) is 1.16. The summed E-state index contributed by atoms with van der Waals surface area (Å²) in [4.78, 5) is 31.1. The lowest BCUT2D eigenvalue weighted by Crippen LogP contribution is -2.45. The first-order valence-corrected chi connectivity index (χ1v) is 9.06. The number of aromatic nitrogens is 1. The van der Waals surface area contributed by atoms with Crippen molar-refractivity contribution in [2.24, 2.45) is 11.8 Å². The Labute approximate surface area is 148 Å². The predicted molar refractivity (Wildman–Crippen MR) is 94.1 cm³/mol. The van der Waals surface area contributed by atoms with Crippen molar-refractivity contribution in [2.75, 3.05) is 20.2 Å². The van der Waals surface area contributed by atoms with E-state index in [1.54, 1.807) is 13.3 Å². The molecule has 1 aliphatic carbocycles. The lowest BCUT2D eigenvalue weighted by molar-refractivity contribution is -0.136. The number of hydrogen-bond acceptors (Lipinski definition) is 4. The van der Waals surface area contributed by atoms with E-state index in [1.807, 2.05) is 18.7 Å². The molecule has 0 unspecified atom stereocenters. The number of likely N-dealkylation sites (tertiary alicyclic amines) is 1. The quantitative estimate of drug-likeness (QED) is 0.886. The summed E-state index contributed by atoms with van der Waals surface area (Å²) in [6.45, 7) is 5.62. The summed E-state index contributed by atoms with van der Waals surface area (Å²) in [7, 11) is 1.64. The van der Waals surface area contributed by atoms with E-state index in [0.29, 0.717) is 13.1 Å². The standard InChI is InChI=1S/C19H27N3O3/c1-12-9-20-16(13(2)17(12)25-3)10-21-18(23)15-5-4-8-22(11-15)19(24)14-6-7-14/h9,14-15H,4-8,10-11H2,1-3H3,(H,21,23)/t15-/m0/s1.